The van der Waals surface area contributed by atoms with E-state index in [2.05, 4.69) is 40.7 Å². The van der Waals surface area contributed by atoms with Crippen LogP contribution >= 0.6 is 0 Å². The molecule has 0 saturated heterocycles. The van der Waals surface area contributed by atoms with Crippen LogP contribution in [0.2, 0.25) is 0 Å². The van der Waals surface area contributed by atoms with Crippen molar-refractivity contribution in [1.29, 1.82) is 0 Å². The van der Waals surface area contributed by atoms with Gasteiger partial charge in [0.15, 0.2) is 0 Å². The molecule has 0 spiro atoms. The van der Waals surface area contributed by atoms with E-state index in [1.807, 2.05) is 12.1 Å². The average Bonchev–Trinajstić information content (AvgIpc) is 2.37. The molecule has 0 heterocycles. The predicted molar refractivity (Wildman–Crippen MR) is 78.3 cm³/mol. The molecule has 18 heavy (non-hydrogen) atoms. The minimum Gasteiger partial charge on any atom is -0.298 e. The Morgan fingerprint density at radius 1 is 1.28 bits per heavy atom. The highest BCUT2D eigenvalue weighted by atomic mass is 16.1. The van der Waals surface area contributed by atoms with Crippen molar-refractivity contribution < 1.29 is 4.79 Å². The van der Waals surface area contributed by atoms with Gasteiger partial charge in [-0.2, -0.15) is 0 Å². The maximum atomic E-state index is 10.9. The van der Waals surface area contributed by atoms with Crippen molar-refractivity contribution in [1.82, 2.24) is 0 Å². The summed E-state index contributed by atoms with van der Waals surface area (Å²) in [5.41, 5.74) is 3.68. The molecule has 1 nitrogen and oxygen atoms in total. The molecular formula is C17H26O. The van der Waals surface area contributed by atoms with Crippen molar-refractivity contribution in [2.24, 2.45) is 5.92 Å². The summed E-state index contributed by atoms with van der Waals surface area (Å²) >= 11 is 0. The number of carbonyl (C=O) groups excluding carboxylic acids is 1. The second kappa shape index (κ2) is 6.17. The Hall–Kier alpha value is -1.11. The predicted octanol–water partition coefficient (Wildman–Crippen LogP) is 4.78. The van der Waals surface area contributed by atoms with E-state index in [0.29, 0.717) is 0 Å². The van der Waals surface area contributed by atoms with Crippen molar-refractivity contribution in [2.45, 2.75) is 59.3 Å². The van der Waals surface area contributed by atoms with Gasteiger partial charge < -0.3 is 0 Å². The number of rotatable bonds is 6. The summed E-state index contributed by atoms with van der Waals surface area (Å²) in [7, 11) is 0. The number of aldehydes is 1. The lowest BCUT2D eigenvalue weighted by atomic mass is 9.74. The molecule has 0 amide bonds. The standard InChI is InChI=1S/C17H26O/c1-6-13(3)11-17(4,5)16-9-8-14(12-18)10-15(16)7-2/h8-10,12-13H,6-7,11H2,1-5H3. The summed E-state index contributed by atoms with van der Waals surface area (Å²) in [5, 5.41) is 0. The van der Waals surface area contributed by atoms with E-state index >= 15 is 0 Å². The molecule has 1 aromatic carbocycles. The van der Waals surface area contributed by atoms with Gasteiger partial charge in [0, 0.05) is 5.56 Å². The van der Waals surface area contributed by atoms with E-state index in [1.54, 1.807) is 0 Å². The van der Waals surface area contributed by atoms with Crippen LogP contribution in [0.15, 0.2) is 18.2 Å². The molecule has 0 aliphatic rings. The van der Waals surface area contributed by atoms with E-state index < -0.39 is 0 Å². The summed E-state index contributed by atoms with van der Waals surface area (Å²) in [6, 6.07) is 6.13. The fourth-order valence-electron chi connectivity index (χ4n) is 2.77. The van der Waals surface area contributed by atoms with Crippen molar-refractivity contribution in [2.75, 3.05) is 0 Å². The number of hydrogen-bond donors (Lipinski definition) is 0. The second-order valence-electron chi connectivity index (χ2n) is 5.99. The lowest BCUT2D eigenvalue weighted by Gasteiger charge is -2.30. The van der Waals surface area contributed by atoms with Crippen LogP contribution in [0.1, 0.15) is 68.9 Å². The number of benzene rings is 1. The Labute approximate surface area is 112 Å². The monoisotopic (exact) mass is 246 g/mol. The lowest BCUT2D eigenvalue weighted by molar-refractivity contribution is 0.112. The molecule has 0 N–H and O–H groups in total. The molecule has 0 aromatic heterocycles. The van der Waals surface area contributed by atoms with E-state index in [0.717, 1.165) is 24.2 Å². The van der Waals surface area contributed by atoms with Crippen LogP contribution in [0.5, 0.6) is 0 Å². The van der Waals surface area contributed by atoms with Crippen LogP contribution in [0.25, 0.3) is 0 Å². The largest absolute Gasteiger partial charge is 0.298 e. The Balaban J connectivity index is 3.10. The molecule has 1 atom stereocenters. The molecule has 0 radical (unpaired) electrons. The maximum absolute atomic E-state index is 10.9. The molecule has 0 aliphatic heterocycles. The first kappa shape index (κ1) is 14.9. The lowest BCUT2D eigenvalue weighted by Crippen LogP contribution is -2.22. The molecule has 100 valence electrons. The fourth-order valence-corrected chi connectivity index (χ4v) is 2.77. The van der Waals surface area contributed by atoms with Gasteiger partial charge in [0.25, 0.3) is 0 Å². The first-order chi connectivity index (χ1) is 8.44. The highest BCUT2D eigenvalue weighted by Crippen LogP contribution is 2.34. The van der Waals surface area contributed by atoms with E-state index in [9.17, 15) is 4.79 Å². The van der Waals surface area contributed by atoms with Gasteiger partial charge in [0.2, 0.25) is 0 Å². The molecule has 1 aromatic rings. The zero-order chi connectivity index (χ0) is 13.8. The first-order valence-electron chi connectivity index (χ1n) is 7.03. The molecule has 0 saturated carbocycles. The van der Waals surface area contributed by atoms with E-state index in [4.69, 9.17) is 0 Å². The molecule has 1 heteroatoms. The van der Waals surface area contributed by atoms with Gasteiger partial charge in [-0.25, -0.2) is 0 Å². The topological polar surface area (TPSA) is 17.1 Å². The van der Waals surface area contributed by atoms with Gasteiger partial charge in [0.1, 0.15) is 6.29 Å². The van der Waals surface area contributed by atoms with Crippen molar-refractivity contribution in [3.63, 3.8) is 0 Å². The molecule has 0 bridgehead atoms. The Bertz CT molecular complexity index is 404. The summed E-state index contributed by atoms with van der Waals surface area (Å²) < 4.78 is 0. The van der Waals surface area contributed by atoms with Crippen LogP contribution in [0.3, 0.4) is 0 Å². The van der Waals surface area contributed by atoms with Crippen LogP contribution in [-0.4, -0.2) is 6.29 Å². The number of carbonyl (C=O) groups is 1. The van der Waals surface area contributed by atoms with Gasteiger partial charge in [-0.1, -0.05) is 53.2 Å². The number of aryl methyl sites for hydroxylation is 1. The van der Waals surface area contributed by atoms with Crippen molar-refractivity contribution in [3.05, 3.63) is 34.9 Å². The van der Waals surface area contributed by atoms with Crippen LogP contribution in [-0.2, 0) is 11.8 Å². The smallest absolute Gasteiger partial charge is 0.150 e. The SMILES string of the molecule is CCc1cc(C=O)ccc1C(C)(C)CC(C)CC. The molecular weight excluding hydrogens is 220 g/mol. The first-order valence-corrected chi connectivity index (χ1v) is 7.03. The number of hydrogen-bond acceptors (Lipinski definition) is 1. The molecule has 0 aliphatic carbocycles. The van der Waals surface area contributed by atoms with Crippen molar-refractivity contribution in [3.8, 4) is 0 Å². The second-order valence-corrected chi connectivity index (χ2v) is 5.99. The molecule has 1 rings (SSSR count). The van der Waals surface area contributed by atoms with Crippen LogP contribution in [0.4, 0.5) is 0 Å². The molecule has 1 unspecified atom stereocenters. The average molecular weight is 246 g/mol. The third-order valence-electron chi connectivity index (χ3n) is 3.93. The molecule has 0 fully saturated rings. The normalized spacial score (nSPS) is 13.4. The summed E-state index contributed by atoms with van der Waals surface area (Å²) in [4.78, 5) is 10.9. The summed E-state index contributed by atoms with van der Waals surface area (Å²) in [5.74, 6) is 0.732. The van der Waals surface area contributed by atoms with Crippen LogP contribution in [0, 0.1) is 5.92 Å². The van der Waals surface area contributed by atoms with Gasteiger partial charge in [-0.05, 0) is 41.4 Å². The van der Waals surface area contributed by atoms with E-state index in [1.165, 1.54) is 24.0 Å². The summed E-state index contributed by atoms with van der Waals surface area (Å²) in [6.45, 7) is 11.3. The van der Waals surface area contributed by atoms with Gasteiger partial charge in [-0.3, -0.25) is 4.79 Å². The third kappa shape index (κ3) is 3.44. The Kier molecular flexibility index (Phi) is 5.13. The maximum Gasteiger partial charge on any atom is 0.150 e. The minimum atomic E-state index is 0.183. The minimum absolute atomic E-state index is 0.183. The summed E-state index contributed by atoms with van der Waals surface area (Å²) in [6.07, 6.45) is 4.33. The van der Waals surface area contributed by atoms with Crippen molar-refractivity contribution >= 4 is 6.29 Å². The van der Waals surface area contributed by atoms with Gasteiger partial charge >= 0.3 is 0 Å². The fraction of sp³-hybridized carbons (Fsp3) is 0.588. The van der Waals surface area contributed by atoms with Gasteiger partial charge in [0.05, 0.1) is 0 Å². The third-order valence-corrected chi connectivity index (χ3v) is 3.93. The highest BCUT2D eigenvalue weighted by Gasteiger charge is 2.25. The highest BCUT2D eigenvalue weighted by molar-refractivity contribution is 5.75. The van der Waals surface area contributed by atoms with E-state index in [-0.39, 0.29) is 5.41 Å². The zero-order valence-electron chi connectivity index (χ0n) is 12.4. The zero-order valence-corrected chi connectivity index (χ0v) is 12.4. The van der Waals surface area contributed by atoms with Gasteiger partial charge in [-0.15, -0.1) is 0 Å². The van der Waals surface area contributed by atoms with Crippen LogP contribution < -0.4 is 0 Å². The Morgan fingerprint density at radius 2 is 1.94 bits per heavy atom. The quantitative estimate of drug-likeness (QED) is 0.660. The Morgan fingerprint density at radius 3 is 2.44 bits per heavy atom.